The van der Waals surface area contributed by atoms with E-state index in [0.29, 0.717) is 0 Å². The van der Waals surface area contributed by atoms with Crippen molar-refractivity contribution in [2.75, 3.05) is 5.32 Å². The second kappa shape index (κ2) is 5.85. The number of hydrogen-bond donors (Lipinski definition) is 2. The number of para-hydroxylation sites is 1. The van der Waals surface area contributed by atoms with Gasteiger partial charge < -0.3 is 15.0 Å². The number of anilines is 2. The molecular weight excluding hydrogens is 300 g/mol. The average Bonchev–Trinajstić information content (AvgIpc) is 2.95. The zero-order chi connectivity index (χ0) is 16.5. The summed E-state index contributed by atoms with van der Waals surface area (Å²) in [5.41, 5.74) is 3.77. The Morgan fingerprint density at radius 2 is 1.88 bits per heavy atom. The molecule has 0 unspecified atom stereocenters. The van der Waals surface area contributed by atoms with E-state index in [9.17, 15) is 0 Å². The maximum absolute atomic E-state index is 5.79. The highest BCUT2D eigenvalue weighted by Crippen LogP contribution is 2.31. The SMILES string of the molecule is CC(C)Oc1ccc2[nH]c3c(Nc4ccccc4)ncnc3c2c1. The minimum Gasteiger partial charge on any atom is -0.491 e. The summed E-state index contributed by atoms with van der Waals surface area (Å²) in [5.74, 6) is 1.60. The van der Waals surface area contributed by atoms with Gasteiger partial charge in [-0.1, -0.05) is 18.2 Å². The van der Waals surface area contributed by atoms with Gasteiger partial charge in [0.25, 0.3) is 0 Å². The van der Waals surface area contributed by atoms with Crippen LogP contribution in [0.3, 0.4) is 0 Å². The second-order valence-corrected chi connectivity index (χ2v) is 5.94. The average molecular weight is 318 g/mol. The third-order valence-electron chi connectivity index (χ3n) is 3.76. The van der Waals surface area contributed by atoms with E-state index in [1.165, 1.54) is 0 Å². The lowest BCUT2D eigenvalue weighted by Crippen LogP contribution is -2.05. The minimum absolute atomic E-state index is 0.137. The molecular formula is C19H18N4O. The van der Waals surface area contributed by atoms with Crippen molar-refractivity contribution in [3.8, 4) is 5.75 Å². The first-order valence-corrected chi connectivity index (χ1v) is 7.96. The van der Waals surface area contributed by atoms with Gasteiger partial charge in [-0.15, -0.1) is 0 Å². The lowest BCUT2D eigenvalue weighted by atomic mass is 10.2. The lowest BCUT2D eigenvalue weighted by Gasteiger charge is -2.09. The van der Waals surface area contributed by atoms with E-state index in [4.69, 9.17) is 4.74 Å². The van der Waals surface area contributed by atoms with E-state index < -0.39 is 0 Å². The Morgan fingerprint density at radius 1 is 1.04 bits per heavy atom. The highest BCUT2D eigenvalue weighted by Gasteiger charge is 2.12. The van der Waals surface area contributed by atoms with E-state index >= 15 is 0 Å². The summed E-state index contributed by atoms with van der Waals surface area (Å²) >= 11 is 0. The number of H-pyrrole nitrogens is 1. The lowest BCUT2D eigenvalue weighted by molar-refractivity contribution is 0.243. The van der Waals surface area contributed by atoms with Gasteiger partial charge in [0, 0.05) is 16.6 Å². The summed E-state index contributed by atoms with van der Waals surface area (Å²) in [5, 5.41) is 4.37. The molecule has 0 bridgehead atoms. The van der Waals surface area contributed by atoms with Gasteiger partial charge in [-0.25, -0.2) is 9.97 Å². The molecule has 4 rings (SSSR count). The molecule has 2 heterocycles. The maximum Gasteiger partial charge on any atom is 0.158 e. The quantitative estimate of drug-likeness (QED) is 0.575. The van der Waals surface area contributed by atoms with Crippen molar-refractivity contribution in [1.82, 2.24) is 15.0 Å². The van der Waals surface area contributed by atoms with Gasteiger partial charge in [-0.3, -0.25) is 0 Å². The van der Waals surface area contributed by atoms with Crippen molar-refractivity contribution in [3.05, 3.63) is 54.9 Å². The summed E-state index contributed by atoms with van der Waals surface area (Å²) in [6.07, 6.45) is 1.72. The number of nitrogens with one attached hydrogen (secondary N) is 2. The molecule has 0 aliphatic heterocycles. The van der Waals surface area contributed by atoms with Crippen molar-refractivity contribution >= 4 is 33.4 Å². The molecule has 0 aliphatic carbocycles. The summed E-state index contributed by atoms with van der Waals surface area (Å²) in [7, 11) is 0. The first-order chi connectivity index (χ1) is 11.7. The molecule has 2 aromatic heterocycles. The maximum atomic E-state index is 5.79. The molecule has 4 aromatic rings. The molecule has 0 radical (unpaired) electrons. The first kappa shape index (κ1) is 14.5. The van der Waals surface area contributed by atoms with Crippen LogP contribution in [0.25, 0.3) is 21.9 Å². The molecule has 5 heteroatoms. The zero-order valence-electron chi connectivity index (χ0n) is 13.6. The van der Waals surface area contributed by atoms with E-state index in [1.807, 2.05) is 62.4 Å². The predicted octanol–water partition coefficient (Wildman–Crippen LogP) is 4.64. The highest BCUT2D eigenvalue weighted by molar-refractivity contribution is 6.08. The van der Waals surface area contributed by atoms with Crippen LogP contribution >= 0.6 is 0 Å². The van der Waals surface area contributed by atoms with Crippen LogP contribution in [-0.4, -0.2) is 21.1 Å². The molecule has 5 nitrogen and oxygen atoms in total. The molecule has 0 atom stereocenters. The molecule has 0 spiro atoms. The summed E-state index contributed by atoms with van der Waals surface area (Å²) < 4.78 is 5.79. The van der Waals surface area contributed by atoms with E-state index in [0.717, 1.165) is 39.2 Å². The Hall–Kier alpha value is -3.08. The van der Waals surface area contributed by atoms with Gasteiger partial charge in [-0.05, 0) is 44.2 Å². The van der Waals surface area contributed by atoms with Gasteiger partial charge in [0.2, 0.25) is 0 Å². The van der Waals surface area contributed by atoms with Crippen molar-refractivity contribution in [1.29, 1.82) is 0 Å². The predicted molar refractivity (Wildman–Crippen MR) is 96.9 cm³/mol. The van der Waals surface area contributed by atoms with Crippen LogP contribution in [-0.2, 0) is 0 Å². The molecule has 2 aromatic carbocycles. The van der Waals surface area contributed by atoms with Crippen LogP contribution in [0.5, 0.6) is 5.75 Å². The number of aromatic nitrogens is 3. The Bertz CT molecular complexity index is 992. The Kier molecular flexibility index (Phi) is 3.54. The number of benzene rings is 2. The minimum atomic E-state index is 0.137. The van der Waals surface area contributed by atoms with Crippen LogP contribution < -0.4 is 10.1 Å². The standard InChI is InChI=1S/C19H18N4O/c1-12(2)24-14-8-9-16-15(10-14)17-18(23-16)19(21-11-20-17)22-13-6-4-3-5-7-13/h3-12,23H,1-2H3,(H,20,21,22). The fraction of sp³-hybridized carbons (Fsp3) is 0.158. The summed E-state index contributed by atoms with van der Waals surface area (Å²) in [6, 6.07) is 16.0. The van der Waals surface area contributed by atoms with Crippen molar-refractivity contribution in [2.45, 2.75) is 20.0 Å². The molecule has 0 aliphatic rings. The van der Waals surface area contributed by atoms with Gasteiger partial charge in [-0.2, -0.15) is 0 Å². The first-order valence-electron chi connectivity index (χ1n) is 7.96. The molecule has 120 valence electrons. The summed E-state index contributed by atoms with van der Waals surface area (Å²) in [6.45, 7) is 4.03. The van der Waals surface area contributed by atoms with E-state index in [1.54, 1.807) is 6.33 Å². The number of rotatable bonds is 4. The molecule has 0 fully saturated rings. The normalized spacial score (nSPS) is 11.3. The molecule has 0 amide bonds. The topological polar surface area (TPSA) is 62.8 Å². The van der Waals surface area contributed by atoms with Crippen molar-refractivity contribution in [3.63, 3.8) is 0 Å². The number of ether oxygens (including phenoxy) is 1. The summed E-state index contributed by atoms with van der Waals surface area (Å²) in [4.78, 5) is 12.2. The third kappa shape index (κ3) is 2.65. The van der Waals surface area contributed by atoms with Gasteiger partial charge >= 0.3 is 0 Å². The van der Waals surface area contributed by atoms with Crippen LogP contribution in [0.2, 0.25) is 0 Å². The second-order valence-electron chi connectivity index (χ2n) is 5.94. The van der Waals surface area contributed by atoms with E-state index in [-0.39, 0.29) is 6.10 Å². The van der Waals surface area contributed by atoms with Crippen molar-refractivity contribution < 1.29 is 4.74 Å². The van der Waals surface area contributed by atoms with Crippen LogP contribution in [0, 0.1) is 0 Å². The zero-order valence-corrected chi connectivity index (χ0v) is 13.6. The number of hydrogen-bond acceptors (Lipinski definition) is 4. The Labute approximate surface area is 139 Å². The fourth-order valence-corrected chi connectivity index (χ4v) is 2.77. The number of fused-ring (bicyclic) bond motifs is 3. The van der Waals surface area contributed by atoms with Crippen LogP contribution in [0.1, 0.15) is 13.8 Å². The van der Waals surface area contributed by atoms with Crippen molar-refractivity contribution in [2.24, 2.45) is 0 Å². The van der Waals surface area contributed by atoms with Gasteiger partial charge in [0.15, 0.2) is 5.82 Å². The Balaban J connectivity index is 1.82. The fourth-order valence-electron chi connectivity index (χ4n) is 2.77. The highest BCUT2D eigenvalue weighted by atomic mass is 16.5. The van der Waals surface area contributed by atoms with Gasteiger partial charge in [0.1, 0.15) is 23.1 Å². The Morgan fingerprint density at radius 3 is 2.67 bits per heavy atom. The largest absolute Gasteiger partial charge is 0.491 e. The number of nitrogens with zero attached hydrogens (tertiary/aromatic N) is 2. The molecule has 0 saturated carbocycles. The molecule has 2 N–H and O–H groups in total. The van der Waals surface area contributed by atoms with Gasteiger partial charge in [0.05, 0.1) is 6.10 Å². The van der Waals surface area contributed by atoms with Crippen LogP contribution in [0.15, 0.2) is 54.9 Å². The third-order valence-corrected chi connectivity index (χ3v) is 3.76. The smallest absolute Gasteiger partial charge is 0.158 e. The van der Waals surface area contributed by atoms with E-state index in [2.05, 4.69) is 20.3 Å². The number of aromatic amines is 1. The monoisotopic (exact) mass is 318 g/mol. The molecule has 24 heavy (non-hydrogen) atoms. The molecule has 0 saturated heterocycles. The van der Waals surface area contributed by atoms with Crippen LogP contribution in [0.4, 0.5) is 11.5 Å².